The number of hydrogen-bond donors (Lipinski definition) is 0. The van der Waals surface area contributed by atoms with E-state index in [1.165, 1.54) is 6.26 Å². The van der Waals surface area contributed by atoms with E-state index >= 15 is 0 Å². The van der Waals surface area contributed by atoms with E-state index in [1.807, 2.05) is 30.3 Å². The van der Waals surface area contributed by atoms with Crippen LogP contribution < -0.4 is 0 Å². The molecule has 0 N–H and O–H groups in total. The predicted molar refractivity (Wildman–Crippen MR) is 88.1 cm³/mol. The van der Waals surface area contributed by atoms with E-state index in [-0.39, 0.29) is 11.7 Å². The molecule has 4 nitrogen and oxygen atoms in total. The van der Waals surface area contributed by atoms with E-state index in [9.17, 15) is 4.79 Å². The number of carbonyl (C=O) groups is 1. The molecule has 23 heavy (non-hydrogen) atoms. The number of hydrogen-bond acceptors (Lipinski definition) is 4. The molecule has 0 saturated carbocycles. The zero-order chi connectivity index (χ0) is 16.4. The highest BCUT2D eigenvalue weighted by atomic mass is 16.6. The molecule has 2 heterocycles. The van der Waals surface area contributed by atoms with E-state index in [2.05, 4.69) is 25.8 Å². The van der Waals surface area contributed by atoms with Crippen molar-refractivity contribution >= 4 is 5.97 Å². The van der Waals surface area contributed by atoms with Crippen LogP contribution in [0.15, 0.2) is 53.1 Å². The van der Waals surface area contributed by atoms with Crippen molar-refractivity contribution in [3.8, 4) is 0 Å². The van der Waals surface area contributed by atoms with Crippen molar-refractivity contribution in [2.24, 2.45) is 5.92 Å². The van der Waals surface area contributed by atoms with Crippen LogP contribution in [0, 0.1) is 5.92 Å². The minimum absolute atomic E-state index is 0.185. The van der Waals surface area contributed by atoms with Crippen LogP contribution in [0.4, 0.5) is 0 Å². The molecule has 4 heteroatoms. The van der Waals surface area contributed by atoms with E-state index in [4.69, 9.17) is 9.15 Å². The Balaban J connectivity index is 1.98. The number of nitrogens with zero attached hydrogens (tertiary/aromatic N) is 1. The molecule has 0 unspecified atom stereocenters. The van der Waals surface area contributed by atoms with Gasteiger partial charge in [-0.1, -0.05) is 37.3 Å². The van der Waals surface area contributed by atoms with Gasteiger partial charge in [-0.15, -0.1) is 0 Å². The summed E-state index contributed by atoms with van der Waals surface area (Å²) in [6, 6.07) is 13.7. The first-order valence-electron chi connectivity index (χ1n) is 8.05. The highest BCUT2D eigenvalue weighted by molar-refractivity contribution is 5.86. The normalized spacial score (nSPS) is 28.5. The maximum Gasteiger partial charge on any atom is 0.375 e. The highest BCUT2D eigenvalue weighted by Crippen LogP contribution is 2.43. The van der Waals surface area contributed by atoms with Crippen LogP contribution in [-0.4, -0.2) is 30.5 Å². The second-order valence-corrected chi connectivity index (χ2v) is 6.52. The van der Waals surface area contributed by atoms with Gasteiger partial charge >= 0.3 is 5.97 Å². The topological polar surface area (TPSA) is 42.7 Å². The Bertz CT molecular complexity index is 653. The Morgan fingerprint density at radius 2 is 1.96 bits per heavy atom. The van der Waals surface area contributed by atoms with Gasteiger partial charge in [0.15, 0.2) is 0 Å². The standard InChI is InChI=1S/C19H23NO3/c1-14-13-20(3)15(2)12-19(14,16-8-5-4-6-9-16)23-18(21)17-10-7-11-22-17/h4-11,14-15H,12-13H2,1-3H3/t14-,15+,19-/m1/s1. The van der Waals surface area contributed by atoms with E-state index in [1.54, 1.807) is 12.1 Å². The summed E-state index contributed by atoms with van der Waals surface area (Å²) in [5, 5.41) is 0. The van der Waals surface area contributed by atoms with E-state index in [0.717, 1.165) is 18.5 Å². The fraction of sp³-hybridized carbons (Fsp3) is 0.421. The Labute approximate surface area is 137 Å². The smallest absolute Gasteiger partial charge is 0.375 e. The zero-order valence-electron chi connectivity index (χ0n) is 13.9. The Morgan fingerprint density at radius 1 is 1.22 bits per heavy atom. The molecule has 1 saturated heterocycles. The number of likely N-dealkylation sites (tertiary alicyclic amines) is 1. The van der Waals surface area contributed by atoms with Gasteiger partial charge in [0.25, 0.3) is 0 Å². The first kappa shape index (κ1) is 15.8. The monoisotopic (exact) mass is 313 g/mol. The lowest BCUT2D eigenvalue weighted by molar-refractivity contribution is -0.100. The van der Waals surface area contributed by atoms with Crippen LogP contribution in [0.1, 0.15) is 36.4 Å². The number of benzene rings is 1. The van der Waals surface area contributed by atoms with Gasteiger partial charge in [0, 0.05) is 24.9 Å². The Morgan fingerprint density at radius 3 is 2.61 bits per heavy atom. The summed E-state index contributed by atoms with van der Waals surface area (Å²) in [5.74, 6) is 0.0338. The summed E-state index contributed by atoms with van der Waals surface area (Å²) >= 11 is 0. The van der Waals surface area contributed by atoms with Gasteiger partial charge in [-0.25, -0.2) is 4.79 Å². The van der Waals surface area contributed by atoms with Crippen molar-refractivity contribution in [1.29, 1.82) is 0 Å². The van der Waals surface area contributed by atoms with Gasteiger partial charge < -0.3 is 14.1 Å². The largest absolute Gasteiger partial charge is 0.457 e. The number of carbonyl (C=O) groups excluding carboxylic acids is 1. The fourth-order valence-electron chi connectivity index (χ4n) is 3.49. The van der Waals surface area contributed by atoms with Gasteiger partial charge in [0.1, 0.15) is 5.60 Å². The lowest BCUT2D eigenvalue weighted by Gasteiger charge is -2.48. The highest BCUT2D eigenvalue weighted by Gasteiger charge is 2.47. The molecule has 1 aliphatic rings. The minimum Gasteiger partial charge on any atom is -0.457 e. The first-order valence-corrected chi connectivity index (χ1v) is 8.05. The first-order chi connectivity index (χ1) is 11.0. The quantitative estimate of drug-likeness (QED) is 0.811. The van der Waals surface area contributed by atoms with Crippen LogP contribution in [-0.2, 0) is 10.3 Å². The number of ether oxygens (including phenoxy) is 1. The molecule has 3 atom stereocenters. The molecule has 0 bridgehead atoms. The SMILES string of the molecule is C[C@@H]1CN(C)[C@@H](C)C[C@]1(OC(=O)c1ccco1)c1ccccc1. The molecule has 1 aromatic carbocycles. The molecule has 3 rings (SSSR count). The molecule has 1 fully saturated rings. The summed E-state index contributed by atoms with van der Waals surface area (Å²) in [5.41, 5.74) is 0.421. The van der Waals surface area contributed by atoms with Crippen LogP contribution >= 0.6 is 0 Å². The van der Waals surface area contributed by atoms with Crippen molar-refractivity contribution < 1.29 is 13.9 Å². The van der Waals surface area contributed by atoms with Crippen molar-refractivity contribution in [1.82, 2.24) is 4.90 Å². The molecular formula is C19H23NO3. The summed E-state index contributed by atoms with van der Waals surface area (Å²) in [7, 11) is 2.12. The lowest BCUT2D eigenvalue weighted by atomic mass is 9.74. The van der Waals surface area contributed by atoms with Crippen LogP contribution in [0.2, 0.25) is 0 Å². The van der Waals surface area contributed by atoms with Crippen molar-refractivity contribution in [2.45, 2.75) is 31.9 Å². The molecule has 0 amide bonds. The van der Waals surface area contributed by atoms with Gasteiger partial charge in [0.2, 0.25) is 5.76 Å². The molecular weight excluding hydrogens is 290 g/mol. The molecule has 122 valence electrons. The minimum atomic E-state index is -0.628. The molecule has 1 aromatic heterocycles. The zero-order valence-corrected chi connectivity index (χ0v) is 13.9. The van der Waals surface area contributed by atoms with Crippen LogP contribution in [0.25, 0.3) is 0 Å². The number of piperidine rings is 1. The number of furan rings is 1. The van der Waals surface area contributed by atoms with Gasteiger partial charge in [-0.3, -0.25) is 0 Å². The summed E-state index contributed by atoms with van der Waals surface area (Å²) in [6.07, 6.45) is 2.26. The molecule has 0 spiro atoms. The fourth-order valence-corrected chi connectivity index (χ4v) is 3.49. The molecule has 2 aromatic rings. The van der Waals surface area contributed by atoms with Crippen molar-refractivity contribution in [3.63, 3.8) is 0 Å². The number of rotatable bonds is 3. The molecule has 0 radical (unpaired) electrons. The van der Waals surface area contributed by atoms with Crippen LogP contribution in [0.5, 0.6) is 0 Å². The van der Waals surface area contributed by atoms with Crippen molar-refractivity contribution in [2.75, 3.05) is 13.6 Å². The Kier molecular flexibility index (Phi) is 4.26. The predicted octanol–water partition coefficient (Wildman–Crippen LogP) is 3.69. The van der Waals surface area contributed by atoms with Crippen molar-refractivity contribution in [3.05, 3.63) is 60.1 Å². The van der Waals surface area contributed by atoms with Gasteiger partial charge in [-0.2, -0.15) is 0 Å². The van der Waals surface area contributed by atoms with Gasteiger partial charge in [-0.05, 0) is 31.7 Å². The summed E-state index contributed by atoms with van der Waals surface area (Å²) < 4.78 is 11.3. The summed E-state index contributed by atoms with van der Waals surface area (Å²) in [6.45, 7) is 5.19. The summed E-state index contributed by atoms with van der Waals surface area (Å²) in [4.78, 5) is 14.9. The second kappa shape index (κ2) is 6.20. The maximum atomic E-state index is 12.6. The average molecular weight is 313 g/mol. The third-order valence-corrected chi connectivity index (χ3v) is 4.97. The third kappa shape index (κ3) is 2.91. The van der Waals surface area contributed by atoms with Crippen LogP contribution in [0.3, 0.4) is 0 Å². The number of esters is 1. The molecule has 0 aliphatic carbocycles. The average Bonchev–Trinajstić information content (AvgIpc) is 3.08. The molecule has 1 aliphatic heterocycles. The lowest BCUT2D eigenvalue weighted by Crippen LogP contribution is -2.53. The maximum absolute atomic E-state index is 12.6. The van der Waals surface area contributed by atoms with Gasteiger partial charge in [0.05, 0.1) is 6.26 Å². The second-order valence-electron chi connectivity index (χ2n) is 6.52. The Hall–Kier alpha value is -2.07. The van der Waals surface area contributed by atoms with E-state index < -0.39 is 11.6 Å². The third-order valence-electron chi connectivity index (χ3n) is 4.97. The van der Waals surface area contributed by atoms with E-state index in [0.29, 0.717) is 6.04 Å².